The summed E-state index contributed by atoms with van der Waals surface area (Å²) in [6, 6.07) is 9.03. The van der Waals surface area contributed by atoms with Crippen LogP contribution in [0, 0.1) is 11.6 Å². The standard InChI is InChI=1S/C24H14ClF5N2O6S/c25-17-8-12(4-7-18(17)27)22(34)21-23(35)16-6-5-13(26)9-19(16)39(36,37)32(21)11-20(33)31-14-2-1-3-15(10-14)38-24(28,29)30/h1-10,34H,11H2,(H,31,33)/b22-21+. The molecule has 8 nitrogen and oxygen atoms in total. The summed E-state index contributed by atoms with van der Waals surface area (Å²) in [6.07, 6.45) is -5.02. The van der Waals surface area contributed by atoms with Crippen molar-refractivity contribution in [2.45, 2.75) is 11.3 Å². The zero-order chi connectivity index (χ0) is 28.7. The highest BCUT2D eigenvalue weighted by Crippen LogP contribution is 2.36. The lowest BCUT2D eigenvalue weighted by molar-refractivity contribution is -0.274. The number of aliphatic hydroxyl groups excluding tert-OH is 1. The second-order valence-electron chi connectivity index (χ2n) is 7.93. The lowest BCUT2D eigenvalue weighted by Gasteiger charge is -2.31. The lowest BCUT2D eigenvalue weighted by Crippen LogP contribution is -2.44. The van der Waals surface area contributed by atoms with E-state index in [0.29, 0.717) is 6.07 Å². The molecule has 39 heavy (non-hydrogen) atoms. The number of fused-ring (bicyclic) bond motifs is 1. The molecule has 1 heterocycles. The molecule has 3 aromatic carbocycles. The lowest BCUT2D eigenvalue weighted by atomic mass is 10.0. The quantitative estimate of drug-likeness (QED) is 0.239. The number of benzene rings is 3. The topological polar surface area (TPSA) is 113 Å². The highest BCUT2D eigenvalue weighted by atomic mass is 35.5. The molecule has 0 bridgehead atoms. The van der Waals surface area contributed by atoms with E-state index >= 15 is 0 Å². The Hall–Kier alpha value is -4.17. The summed E-state index contributed by atoms with van der Waals surface area (Å²) in [5.74, 6) is -5.85. The van der Waals surface area contributed by atoms with Crippen molar-refractivity contribution < 1.29 is 49.8 Å². The van der Waals surface area contributed by atoms with Gasteiger partial charge in [0.25, 0.3) is 10.0 Å². The van der Waals surface area contributed by atoms with Crippen LogP contribution in [0.2, 0.25) is 5.02 Å². The van der Waals surface area contributed by atoms with Crippen LogP contribution in [0.5, 0.6) is 5.75 Å². The van der Waals surface area contributed by atoms with Crippen LogP contribution >= 0.6 is 11.6 Å². The number of carbonyl (C=O) groups is 2. The molecule has 0 unspecified atom stereocenters. The Kier molecular flexibility index (Phi) is 7.27. The number of Topliss-reactive ketones (excluding diaryl/α,β-unsaturated/α-hetero) is 1. The van der Waals surface area contributed by atoms with Gasteiger partial charge in [-0.2, -0.15) is 0 Å². The van der Waals surface area contributed by atoms with E-state index < -0.39 is 78.9 Å². The zero-order valence-electron chi connectivity index (χ0n) is 19.1. The summed E-state index contributed by atoms with van der Waals surface area (Å²) in [5, 5.41) is 12.6. The van der Waals surface area contributed by atoms with Crippen LogP contribution in [0.25, 0.3) is 5.76 Å². The molecule has 0 saturated heterocycles. The molecule has 0 atom stereocenters. The first-order valence-corrected chi connectivity index (χ1v) is 12.4. The molecule has 3 aromatic rings. The minimum atomic E-state index is -5.02. The highest BCUT2D eigenvalue weighted by molar-refractivity contribution is 7.89. The van der Waals surface area contributed by atoms with Gasteiger partial charge in [-0.15, -0.1) is 13.2 Å². The van der Waals surface area contributed by atoms with Gasteiger partial charge in [0, 0.05) is 22.9 Å². The van der Waals surface area contributed by atoms with Crippen molar-refractivity contribution in [3.63, 3.8) is 0 Å². The smallest absolute Gasteiger partial charge is 0.505 e. The fraction of sp³-hybridized carbons (Fsp3) is 0.0833. The maximum absolute atomic E-state index is 13.9. The van der Waals surface area contributed by atoms with Gasteiger partial charge in [0.15, 0.2) is 5.76 Å². The van der Waals surface area contributed by atoms with E-state index in [1.807, 2.05) is 0 Å². The van der Waals surface area contributed by atoms with Crippen LogP contribution in [0.15, 0.2) is 71.3 Å². The molecule has 4 rings (SSSR count). The van der Waals surface area contributed by atoms with E-state index in [1.165, 1.54) is 6.07 Å². The number of hydrogen-bond acceptors (Lipinski definition) is 6. The normalized spacial score (nSPS) is 15.9. The number of amides is 1. The number of alkyl halides is 3. The Morgan fingerprint density at radius 2 is 1.77 bits per heavy atom. The summed E-state index contributed by atoms with van der Waals surface area (Å²) in [6.45, 7) is -1.18. The number of ketones is 1. The molecule has 0 radical (unpaired) electrons. The van der Waals surface area contributed by atoms with Gasteiger partial charge >= 0.3 is 6.36 Å². The number of sulfonamides is 1. The van der Waals surface area contributed by atoms with Crippen molar-refractivity contribution in [3.05, 3.63) is 94.1 Å². The van der Waals surface area contributed by atoms with Gasteiger partial charge in [-0.25, -0.2) is 21.5 Å². The minimum absolute atomic E-state index is 0.203. The van der Waals surface area contributed by atoms with Gasteiger partial charge in [-0.1, -0.05) is 17.7 Å². The van der Waals surface area contributed by atoms with Crippen LogP contribution in [-0.2, 0) is 14.8 Å². The first kappa shape index (κ1) is 27.9. The van der Waals surface area contributed by atoms with Crippen molar-refractivity contribution in [1.82, 2.24) is 4.31 Å². The van der Waals surface area contributed by atoms with Crippen molar-refractivity contribution in [3.8, 4) is 5.75 Å². The largest absolute Gasteiger partial charge is 0.573 e. The molecule has 0 aromatic heterocycles. The molecule has 1 aliphatic rings. The number of ether oxygens (including phenoxy) is 1. The van der Waals surface area contributed by atoms with Crippen molar-refractivity contribution in [2.24, 2.45) is 0 Å². The molecular weight excluding hydrogens is 575 g/mol. The number of nitrogens with one attached hydrogen (secondary N) is 1. The second-order valence-corrected chi connectivity index (χ2v) is 10.2. The molecule has 1 aliphatic heterocycles. The fourth-order valence-corrected chi connectivity index (χ4v) is 5.46. The average Bonchev–Trinajstić information content (AvgIpc) is 2.83. The SMILES string of the molecule is O=C(CN1/C(=C(/O)c2ccc(F)c(Cl)c2)C(=O)c2ccc(F)cc2S1(=O)=O)Nc1cccc(OC(F)(F)F)c1. The number of hydrogen-bond donors (Lipinski definition) is 2. The van der Waals surface area contributed by atoms with Crippen molar-refractivity contribution >= 4 is 44.8 Å². The van der Waals surface area contributed by atoms with Crippen molar-refractivity contribution in [1.29, 1.82) is 0 Å². The molecule has 0 spiro atoms. The minimum Gasteiger partial charge on any atom is -0.505 e. The molecule has 0 saturated carbocycles. The first-order valence-electron chi connectivity index (χ1n) is 10.6. The molecule has 204 valence electrons. The summed E-state index contributed by atoms with van der Waals surface area (Å²) < 4.78 is 96.0. The molecule has 2 N–H and O–H groups in total. The second kappa shape index (κ2) is 10.2. The monoisotopic (exact) mass is 588 g/mol. The molecule has 0 fully saturated rings. The average molecular weight is 589 g/mol. The van der Waals surface area contributed by atoms with E-state index in [-0.39, 0.29) is 15.6 Å². The number of allylic oxidation sites excluding steroid dienone is 1. The summed E-state index contributed by atoms with van der Waals surface area (Å²) in [7, 11) is -4.86. The summed E-state index contributed by atoms with van der Waals surface area (Å²) in [5.41, 5.74) is -1.96. The number of carbonyl (C=O) groups excluding carboxylic acids is 2. The Bertz CT molecular complexity index is 1640. The number of rotatable bonds is 5. The molecule has 1 amide bonds. The van der Waals surface area contributed by atoms with Gasteiger partial charge in [-0.05, 0) is 48.5 Å². The first-order chi connectivity index (χ1) is 18.2. The third kappa shape index (κ3) is 5.81. The number of nitrogens with zero attached hydrogens (tertiary/aromatic N) is 1. The Morgan fingerprint density at radius 1 is 1.05 bits per heavy atom. The van der Waals surface area contributed by atoms with Crippen LogP contribution in [-0.4, -0.2) is 42.4 Å². The number of halogens is 6. The predicted molar refractivity (Wildman–Crippen MR) is 127 cm³/mol. The predicted octanol–water partition coefficient (Wildman–Crippen LogP) is 5.27. The third-order valence-corrected chi connectivity index (χ3v) is 7.35. The Balaban J connectivity index is 1.77. The van der Waals surface area contributed by atoms with Gasteiger partial charge in [-0.3, -0.25) is 9.59 Å². The van der Waals surface area contributed by atoms with Crippen molar-refractivity contribution in [2.75, 3.05) is 11.9 Å². The van der Waals surface area contributed by atoms with Gasteiger partial charge in [0.1, 0.15) is 34.5 Å². The van der Waals surface area contributed by atoms with E-state index in [1.54, 1.807) is 0 Å². The van der Waals surface area contributed by atoms with Crippen LogP contribution < -0.4 is 10.1 Å². The number of anilines is 1. The van der Waals surface area contributed by atoms with E-state index in [4.69, 9.17) is 11.6 Å². The van der Waals surface area contributed by atoms with E-state index in [0.717, 1.165) is 48.5 Å². The van der Waals surface area contributed by atoms with Gasteiger partial charge < -0.3 is 15.2 Å². The summed E-state index contributed by atoms with van der Waals surface area (Å²) >= 11 is 5.74. The van der Waals surface area contributed by atoms with Crippen LogP contribution in [0.1, 0.15) is 15.9 Å². The van der Waals surface area contributed by atoms with Crippen LogP contribution in [0.4, 0.5) is 27.6 Å². The molecular formula is C24H14ClF5N2O6S. The highest BCUT2D eigenvalue weighted by Gasteiger charge is 2.43. The maximum Gasteiger partial charge on any atom is 0.573 e. The van der Waals surface area contributed by atoms with Gasteiger partial charge in [0.2, 0.25) is 11.7 Å². The Labute approximate surface area is 221 Å². The van der Waals surface area contributed by atoms with E-state index in [9.17, 15) is 45.1 Å². The zero-order valence-corrected chi connectivity index (χ0v) is 20.7. The number of aliphatic hydroxyl groups is 1. The third-order valence-electron chi connectivity index (χ3n) is 5.28. The molecule has 0 aliphatic carbocycles. The fourth-order valence-electron chi connectivity index (χ4n) is 3.65. The van der Waals surface area contributed by atoms with Crippen LogP contribution in [0.3, 0.4) is 0 Å². The van der Waals surface area contributed by atoms with Gasteiger partial charge in [0.05, 0.1) is 5.02 Å². The van der Waals surface area contributed by atoms with E-state index in [2.05, 4.69) is 10.1 Å². The Morgan fingerprint density at radius 3 is 2.44 bits per heavy atom. The maximum atomic E-state index is 13.9. The summed E-state index contributed by atoms with van der Waals surface area (Å²) in [4.78, 5) is 25.3. The molecule has 15 heteroatoms.